The molecule has 0 radical (unpaired) electrons. The van der Waals surface area contributed by atoms with Crippen LogP contribution in [0.2, 0.25) is 0 Å². The molecule has 17 heavy (non-hydrogen) atoms. The maximum Gasteiger partial charge on any atom is 0.224 e. The van der Waals surface area contributed by atoms with Crippen LogP contribution in [0.1, 0.15) is 13.8 Å². The second-order valence-corrected chi connectivity index (χ2v) is 3.88. The molecule has 1 aliphatic heterocycles. The molecule has 5 heteroatoms. The van der Waals surface area contributed by atoms with Crippen LogP contribution in [-0.4, -0.2) is 25.0 Å². The molecule has 0 bridgehead atoms. The molecule has 0 spiro atoms. The Morgan fingerprint density at radius 3 is 2.76 bits per heavy atom. The van der Waals surface area contributed by atoms with Gasteiger partial charge >= 0.3 is 0 Å². The Balaban J connectivity index is 2.32. The minimum absolute atomic E-state index is 0.0122. The van der Waals surface area contributed by atoms with E-state index < -0.39 is 0 Å². The normalized spacial score (nSPS) is 13.6. The summed E-state index contributed by atoms with van der Waals surface area (Å²) in [5, 5.41) is 2.68. The second-order valence-electron chi connectivity index (χ2n) is 3.88. The van der Waals surface area contributed by atoms with E-state index in [2.05, 4.69) is 5.32 Å². The summed E-state index contributed by atoms with van der Waals surface area (Å²) in [4.78, 5) is 24.0. The standard InChI is InChI=1S/C12H14N2O3/c1-8(15)13-10-3-4-11-12(7-10)17-6-5-14(11)9(2)16/h3-4,7H,5-6H2,1-2H3,(H,13,15). The van der Waals surface area contributed by atoms with Gasteiger partial charge in [-0.25, -0.2) is 0 Å². The maximum absolute atomic E-state index is 11.4. The number of nitrogens with one attached hydrogen (secondary N) is 1. The molecule has 1 N–H and O–H groups in total. The van der Waals surface area contributed by atoms with Crippen LogP contribution in [0.15, 0.2) is 18.2 Å². The molecule has 1 heterocycles. The Morgan fingerprint density at radius 2 is 2.12 bits per heavy atom. The van der Waals surface area contributed by atoms with Crippen molar-refractivity contribution in [3.05, 3.63) is 18.2 Å². The highest BCUT2D eigenvalue weighted by molar-refractivity contribution is 5.95. The minimum atomic E-state index is -0.135. The van der Waals surface area contributed by atoms with E-state index in [9.17, 15) is 9.59 Å². The highest BCUT2D eigenvalue weighted by Crippen LogP contribution is 2.34. The van der Waals surface area contributed by atoms with Gasteiger partial charge in [0.1, 0.15) is 12.4 Å². The van der Waals surface area contributed by atoms with Crippen LogP contribution < -0.4 is 15.0 Å². The zero-order valence-corrected chi connectivity index (χ0v) is 9.82. The Labute approximate surface area is 99.4 Å². The van der Waals surface area contributed by atoms with E-state index in [1.165, 1.54) is 13.8 Å². The van der Waals surface area contributed by atoms with Crippen LogP contribution in [0.25, 0.3) is 0 Å². The van der Waals surface area contributed by atoms with E-state index in [4.69, 9.17) is 4.74 Å². The van der Waals surface area contributed by atoms with E-state index >= 15 is 0 Å². The van der Waals surface area contributed by atoms with Gasteiger partial charge in [-0.15, -0.1) is 0 Å². The molecule has 0 atom stereocenters. The third-order valence-corrected chi connectivity index (χ3v) is 2.52. The number of carbonyl (C=O) groups is 2. The largest absolute Gasteiger partial charge is 0.489 e. The zero-order chi connectivity index (χ0) is 12.4. The lowest BCUT2D eigenvalue weighted by molar-refractivity contribution is -0.117. The van der Waals surface area contributed by atoms with E-state index in [0.29, 0.717) is 24.6 Å². The number of fused-ring (bicyclic) bond motifs is 1. The Hall–Kier alpha value is -2.04. The highest BCUT2D eigenvalue weighted by atomic mass is 16.5. The fourth-order valence-corrected chi connectivity index (χ4v) is 1.83. The molecule has 90 valence electrons. The summed E-state index contributed by atoms with van der Waals surface area (Å²) in [6.45, 7) is 4.00. The van der Waals surface area contributed by atoms with Gasteiger partial charge in [-0.1, -0.05) is 0 Å². The second kappa shape index (κ2) is 4.45. The fraction of sp³-hybridized carbons (Fsp3) is 0.333. The summed E-state index contributed by atoms with van der Waals surface area (Å²) in [5.74, 6) is 0.476. The summed E-state index contributed by atoms with van der Waals surface area (Å²) < 4.78 is 5.48. The van der Waals surface area contributed by atoms with Crippen molar-refractivity contribution in [2.45, 2.75) is 13.8 Å². The number of benzene rings is 1. The fourth-order valence-electron chi connectivity index (χ4n) is 1.83. The lowest BCUT2D eigenvalue weighted by atomic mass is 10.2. The van der Waals surface area contributed by atoms with Crippen LogP contribution in [0.5, 0.6) is 5.75 Å². The average molecular weight is 234 g/mol. The number of amides is 2. The number of carbonyl (C=O) groups excluding carboxylic acids is 2. The molecule has 0 unspecified atom stereocenters. The Morgan fingerprint density at radius 1 is 1.35 bits per heavy atom. The lowest BCUT2D eigenvalue weighted by Crippen LogP contribution is -2.36. The van der Waals surface area contributed by atoms with Crippen molar-refractivity contribution in [3.8, 4) is 5.75 Å². The van der Waals surface area contributed by atoms with Crippen molar-refractivity contribution in [1.29, 1.82) is 0 Å². The first-order valence-electron chi connectivity index (χ1n) is 5.40. The third-order valence-electron chi connectivity index (χ3n) is 2.52. The summed E-state index contributed by atoms with van der Waals surface area (Å²) in [6, 6.07) is 5.26. The first-order chi connectivity index (χ1) is 8.08. The van der Waals surface area contributed by atoms with E-state index in [-0.39, 0.29) is 11.8 Å². The van der Waals surface area contributed by atoms with Crippen molar-refractivity contribution in [2.24, 2.45) is 0 Å². The summed E-state index contributed by atoms with van der Waals surface area (Å²) in [5.41, 5.74) is 1.42. The van der Waals surface area contributed by atoms with Gasteiger partial charge in [0.15, 0.2) is 0 Å². The number of rotatable bonds is 1. The van der Waals surface area contributed by atoms with Gasteiger partial charge in [0.2, 0.25) is 11.8 Å². The summed E-state index contributed by atoms with van der Waals surface area (Å²) in [6.07, 6.45) is 0. The first-order valence-corrected chi connectivity index (χ1v) is 5.40. The molecule has 0 fully saturated rings. The molecule has 5 nitrogen and oxygen atoms in total. The van der Waals surface area contributed by atoms with Gasteiger partial charge < -0.3 is 15.0 Å². The first kappa shape index (κ1) is 11.4. The molecule has 0 aliphatic carbocycles. The molecule has 0 saturated heterocycles. The monoisotopic (exact) mass is 234 g/mol. The van der Waals surface area contributed by atoms with E-state index in [1.807, 2.05) is 0 Å². The number of hydrogen-bond donors (Lipinski definition) is 1. The molecule has 1 aromatic rings. The molecule has 1 aromatic carbocycles. The minimum Gasteiger partial charge on any atom is -0.489 e. The third kappa shape index (κ3) is 2.38. The molecule has 2 rings (SSSR count). The summed E-state index contributed by atoms with van der Waals surface area (Å²) >= 11 is 0. The quantitative estimate of drug-likeness (QED) is 0.798. The molecular formula is C12H14N2O3. The summed E-state index contributed by atoms with van der Waals surface area (Å²) in [7, 11) is 0. The van der Waals surface area contributed by atoms with Crippen molar-refractivity contribution in [2.75, 3.05) is 23.4 Å². The molecule has 0 saturated carbocycles. The number of anilines is 2. The SMILES string of the molecule is CC(=O)Nc1ccc2c(c1)OCCN2C(C)=O. The molecule has 2 amide bonds. The number of ether oxygens (including phenoxy) is 1. The van der Waals surface area contributed by atoms with Gasteiger partial charge in [-0.05, 0) is 12.1 Å². The van der Waals surface area contributed by atoms with Crippen molar-refractivity contribution >= 4 is 23.2 Å². The Bertz CT molecular complexity index is 471. The van der Waals surface area contributed by atoms with Crippen molar-refractivity contribution < 1.29 is 14.3 Å². The zero-order valence-electron chi connectivity index (χ0n) is 9.82. The van der Waals surface area contributed by atoms with Gasteiger partial charge in [0.25, 0.3) is 0 Å². The number of nitrogens with zero attached hydrogens (tertiary/aromatic N) is 1. The van der Waals surface area contributed by atoms with Crippen LogP contribution in [-0.2, 0) is 9.59 Å². The topological polar surface area (TPSA) is 58.6 Å². The molecular weight excluding hydrogens is 220 g/mol. The van der Waals surface area contributed by atoms with E-state index in [0.717, 1.165) is 5.69 Å². The Kier molecular flexibility index (Phi) is 2.99. The van der Waals surface area contributed by atoms with Crippen molar-refractivity contribution in [1.82, 2.24) is 0 Å². The predicted molar refractivity (Wildman–Crippen MR) is 64.3 cm³/mol. The average Bonchev–Trinajstić information content (AvgIpc) is 2.26. The van der Waals surface area contributed by atoms with Gasteiger partial charge in [-0.3, -0.25) is 9.59 Å². The predicted octanol–water partition coefficient (Wildman–Crippen LogP) is 1.39. The van der Waals surface area contributed by atoms with Crippen molar-refractivity contribution in [3.63, 3.8) is 0 Å². The molecule has 1 aliphatic rings. The van der Waals surface area contributed by atoms with Crippen LogP contribution in [0.4, 0.5) is 11.4 Å². The van der Waals surface area contributed by atoms with Gasteiger partial charge in [0.05, 0.1) is 12.2 Å². The van der Waals surface area contributed by atoms with Crippen LogP contribution in [0.3, 0.4) is 0 Å². The van der Waals surface area contributed by atoms with Gasteiger partial charge in [0, 0.05) is 25.6 Å². The van der Waals surface area contributed by atoms with Crippen LogP contribution >= 0.6 is 0 Å². The van der Waals surface area contributed by atoms with Gasteiger partial charge in [-0.2, -0.15) is 0 Å². The lowest BCUT2D eigenvalue weighted by Gasteiger charge is -2.28. The van der Waals surface area contributed by atoms with E-state index in [1.54, 1.807) is 23.1 Å². The highest BCUT2D eigenvalue weighted by Gasteiger charge is 2.21. The number of hydrogen-bond acceptors (Lipinski definition) is 3. The maximum atomic E-state index is 11.4. The smallest absolute Gasteiger partial charge is 0.224 e. The molecule has 0 aromatic heterocycles. The van der Waals surface area contributed by atoms with Crippen LogP contribution in [0, 0.1) is 0 Å².